The largest absolute Gasteiger partial charge is 0.299 e. The molecule has 0 radical (unpaired) electrons. The minimum Gasteiger partial charge on any atom is -0.299 e. The van der Waals surface area contributed by atoms with Gasteiger partial charge in [-0.3, -0.25) is 4.79 Å². The van der Waals surface area contributed by atoms with Crippen LogP contribution in [0.2, 0.25) is 0 Å². The SMILES string of the molecule is Cc1ccc(S(=O)(=O)N2CC3C(=O)CC(c4ccc(Br)cc4)N(S(=O)(=O)c4ccc(C)cc4)[C@H]3CC2c2ccccc2)cc1. The molecule has 4 aromatic rings. The van der Waals surface area contributed by atoms with Crippen molar-refractivity contribution in [1.82, 2.24) is 8.61 Å². The Hall–Kier alpha value is -3.15. The summed E-state index contributed by atoms with van der Waals surface area (Å²) in [5.41, 5.74) is 3.31. The van der Waals surface area contributed by atoms with Gasteiger partial charge in [-0.05, 0) is 67.8 Å². The number of rotatable bonds is 6. The summed E-state index contributed by atoms with van der Waals surface area (Å²) >= 11 is 3.46. The highest BCUT2D eigenvalue weighted by molar-refractivity contribution is 9.10. The van der Waals surface area contributed by atoms with Crippen LogP contribution in [0.25, 0.3) is 0 Å². The van der Waals surface area contributed by atoms with Gasteiger partial charge in [-0.25, -0.2) is 16.8 Å². The third kappa shape index (κ3) is 5.70. The van der Waals surface area contributed by atoms with Gasteiger partial charge >= 0.3 is 0 Å². The van der Waals surface area contributed by atoms with E-state index in [1.165, 1.54) is 8.61 Å². The Labute approximate surface area is 267 Å². The Morgan fingerprint density at radius 1 is 0.659 bits per heavy atom. The van der Waals surface area contributed by atoms with E-state index in [0.29, 0.717) is 5.56 Å². The molecule has 44 heavy (non-hydrogen) atoms. The number of Topliss-reactive ketones (excluding diaryl/α,β-unsaturated/α-hetero) is 1. The van der Waals surface area contributed by atoms with E-state index in [4.69, 9.17) is 0 Å². The lowest BCUT2D eigenvalue weighted by molar-refractivity contribution is -0.132. The van der Waals surface area contributed by atoms with Crippen LogP contribution in [0.3, 0.4) is 0 Å². The Balaban J connectivity index is 1.50. The summed E-state index contributed by atoms with van der Waals surface area (Å²) < 4.78 is 61.2. The standard InChI is InChI=1S/C34H33BrN2O5S2/c1-23-8-16-28(17-9-23)43(39,40)36-22-30-33(20-31(36)25-6-4-3-5-7-25)37(44(41,42)29-18-10-24(2)11-19-29)32(21-34(30)38)26-12-14-27(35)15-13-26/h3-19,30-33H,20-22H2,1-2H3/t30?,31?,32?,33-/m0/s1. The quantitative estimate of drug-likeness (QED) is 0.227. The predicted molar refractivity (Wildman–Crippen MR) is 173 cm³/mol. The van der Waals surface area contributed by atoms with Crippen molar-refractivity contribution in [2.24, 2.45) is 5.92 Å². The Kier molecular flexibility index (Phi) is 8.40. The van der Waals surface area contributed by atoms with Crippen molar-refractivity contribution in [3.63, 3.8) is 0 Å². The van der Waals surface area contributed by atoms with Gasteiger partial charge in [0, 0.05) is 29.4 Å². The van der Waals surface area contributed by atoms with Crippen LogP contribution in [0.1, 0.15) is 47.2 Å². The van der Waals surface area contributed by atoms with Crippen LogP contribution >= 0.6 is 15.9 Å². The first-order valence-electron chi connectivity index (χ1n) is 14.5. The summed E-state index contributed by atoms with van der Waals surface area (Å²) in [6.07, 6.45) is 0.0753. The first-order valence-corrected chi connectivity index (χ1v) is 18.2. The number of fused-ring (bicyclic) bond motifs is 1. The second kappa shape index (κ2) is 12.0. The molecule has 228 valence electrons. The highest BCUT2D eigenvalue weighted by Gasteiger charge is 2.54. The van der Waals surface area contributed by atoms with Gasteiger partial charge in [0.1, 0.15) is 5.78 Å². The summed E-state index contributed by atoms with van der Waals surface area (Å²) in [5, 5.41) is 0. The Morgan fingerprint density at radius 3 is 1.75 bits per heavy atom. The van der Waals surface area contributed by atoms with Crippen molar-refractivity contribution in [2.45, 2.75) is 54.6 Å². The van der Waals surface area contributed by atoms with E-state index < -0.39 is 44.1 Å². The van der Waals surface area contributed by atoms with Crippen LogP contribution in [0.5, 0.6) is 0 Å². The minimum absolute atomic E-state index is 0.0533. The summed E-state index contributed by atoms with van der Waals surface area (Å²) in [5.74, 6) is -0.976. The molecule has 0 spiro atoms. The number of nitrogens with zero attached hydrogens (tertiary/aromatic N) is 2. The maximum absolute atomic E-state index is 14.6. The number of ketones is 1. The average molecular weight is 694 g/mol. The maximum atomic E-state index is 14.6. The molecule has 7 nitrogen and oxygen atoms in total. The van der Waals surface area contributed by atoms with Crippen LogP contribution < -0.4 is 0 Å². The highest BCUT2D eigenvalue weighted by Crippen LogP contribution is 2.48. The van der Waals surface area contributed by atoms with Crippen molar-refractivity contribution in [3.8, 4) is 0 Å². The highest BCUT2D eigenvalue weighted by atomic mass is 79.9. The van der Waals surface area contributed by atoms with Crippen molar-refractivity contribution in [1.29, 1.82) is 0 Å². The zero-order valence-electron chi connectivity index (χ0n) is 24.4. The van der Waals surface area contributed by atoms with Crippen molar-refractivity contribution in [2.75, 3.05) is 6.54 Å². The normalized spacial score (nSPS) is 23.3. The number of piperidine rings is 2. The zero-order valence-corrected chi connectivity index (χ0v) is 27.6. The number of hydrogen-bond donors (Lipinski definition) is 0. The molecule has 2 heterocycles. The number of halogens is 1. The minimum atomic E-state index is -4.09. The second-order valence-corrected chi connectivity index (χ2v) is 16.3. The third-order valence-electron chi connectivity index (χ3n) is 8.76. The van der Waals surface area contributed by atoms with Gasteiger partial charge in [-0.15, -0.1) is 0 Å². The molecule has 10 heteroatoms. The van der Waals surface area contributed by atoms with Gasteiger partial charge in [-0.2, -0.15) is 8.61 Å². The number of benzene rings is 4. The van der Waals surface area contributed by atoms with Gasteiger partial charge in [0.15, 0.2) is 0 Å². The van der Waals surface area contributed by atoms with E-state index in [1.54, 1.807) is 48.5 Å². The first kappa shape index (κ1) is 30.9. The van der Waals surface area contributed by atoms with Crippen molar-refractivity contribution >= 4 is 41.8 Å². The lowest BCUT2D eigenvalue weighted by atomic mass is 9.77. The molecule has 0 N–H and O–H groups in total. The fourth-order valence-corrected chi connectivity index (χ4v) is 10.2. The van der Waals surface area contributed by atoms with Crippen LogP contribution in [0.15, 0.2) is 117 Å². The average Bonchev–Trinajstić information content (AvgIpc) is 3.01. The molecule has 0 saturated carbocycles. The topological polar surface area (TPSA) is 91.8 Å². The molecule has 0 bridgehead atoms. The molecular weight excluding hydrogens is 660 g/mol. The molecule has 3 unspecified atom stereocenters. The van der Waals surface area contributed by atoms with Crippen LogP contribution in [0, 0.1) is 19.8 Å². The van der Waals surface area contributed by atoms with Gasteiger partial charge < -0.3 is 0 Å². The van der Waals surface area contributed by atoms with Gasteiger partial charge in [0.25, 0.3) is 0 Å². The number of hydrogen-bond acceptors (Lipinski definition) is 5. The van der Waals surface area contributed by atoms with Crippen molar-refractivity contribution < 1.29 is 21.6 Å². The molecule has 0 amide bonds. The molecular formula is C34H33BrN2O5S2. The summed E-state index contributed by atoms with van der Waals surface area (Å²) in [7, 11) is -8.12. The predicted octanol–water partition coefficient (Wildman–Crippen LogP) is 6.59. The molecule has 2 saturated heterocycles. The molecule has 2 aliphatic heterocycles. The second-order valence-electron chi connectivity index (χ2n) is 11.6. The number of aryl methyl sites for hydroxylation is 2. The van der Waals surface area contributed by atoms with Gasteiger partial charge in [-0.1, -0.05) is 93.8 Å². The van der Waals surface area contributed by atoms with E-state index in [0.717, 1.165) is 21.2 Å². The molecule has 6 rings (SSSR count). The van der Waals surface area contributed by atoms with Crippen molar-refractivity contribution in [3.05, 3.63) is 130 Å². The lowest BCUT2D eigenvalue weighted by Crippen LogP contribution is -2.60. The molecule has 2 aliphatic rings. The van der Waals surface area contributed by atoms with Gasteiger partial charge in [0.05, 0.1) is 21.9 Å². The smallest absolute Gasteiger partial charge is 0.243 e. The summed E-state index contributed by atoms with van der Waals surface area (Å²) in [4.78, 5) is 14.3. The fourth-order valence-electron chi connectivity index (χ4n) is 6.43. The molecule has 4 aromatic carbocycles. The number of carbonyl (C=O) groups excluding carboxylic acids is 1. The molecule has 2 fully saturated rings. The third-order valence-corrected chi connectivity index (χ3v) is 13.1. The number of sulfonamides is 2. The van der Waals surface area contributed by atoms with E-state index in [2.05, 4.69) is 15.9 Å². The van der Waals surface area contributed by atoms with E-state index in [1.807, 2.05) is 68.4 Å². The fraction of sp³-hybridized carbons (Fsp3) is 0.265. The summed E-state index contributed by atoms with van der Waals surface area (Å²) in [6.45, 7) is 3.66. The molecule has 4 atom stereocenters. The van der Waals surface area contributed by atoms with E-state index >= 15 is 0 Å². The van der Waals surface area contributed by atoms with Crippen LogP contribution in [-0.2, 0) is 24.8 Å². The maximum Gasteiger partial charge on any atom is 0.243 e. The monoisotopic (exact) mass is 692 g/mol. The van der Waals surface area contributed by atoms with Gasteiger partial charge in [0.2, 0.25) is 20.0 Å². The molecule has 0 aliphatic carbocycles. The Morgan fingerprint density at radius 2 is 1.18 bits per heavy atom. The Bertz CT molecular complexity index is 1880. The summed E-state index contributed by atoms with van der Waals surface area (Å²) in [6, 6.07) is 27.8. The van der Waals surface area contributed by atoms with E-state index in [-0.39, 0.29) is 35.0 Å². The number of carbonyl (C=O) groups is 1. The zero-order chi connectivity index (χ0) is 31.2. The first-order chi connectivity index (χ1) is 21.0. The van der Waals surface area contributed by atoms with Crippen LogP contribution in [-0.4, -0.2) is 43.8 Å². The van der Waals surface area contributed by atoms with E-state index in [9.17, 15) is 21.6 Å². The lowest BCUT2D eigenvalue weighted by Gasteiger charge is -2.51. The molecule has 0 aromatic heterocycles. The van der Waals surface area contributed by atoms with Crippen LogP contribution in [0.4, 0.5) is 0 Å².